The van der Waals surface area contributed by atoms with E-state index < -0.39 is 0 Å². The zero-order chi connectivity index (χ0) is 13.6. The van der Waals surface area contributed by atoms with Crippen LogP contribution in [0.5, 0.6) is 0 Å². The Morgan fingerprint density at radius 2 is 1.61 bits per heavy atom. The smallest absolute Gasteiger partial charge is 0.00535 e. The van der Waals surface area contributed by atoms with Crippen LogP contribution in [0.3, 0.4) is 0 Å². The van der Waals surface area contributed by atoms with Crippen LogP contribution < -0.4 is 0 Å². The van der Waals surface area contributed by atoms with Gasteiger partial charge in [0, 0.05) is 0 Å². The second-order valence-electron chi connectivity index (χ2n) is 5.37. The van der Waals surface area contributed by atoms with Crippen LogP contribution in [-0.2, 0) is 0 Å². The normalized spacial score (nSPS) is 14.1. The molecule has 0 aromatic rings. The van der Waals surface area contributed by atoms with E-state index in [0.29, 0.717) is 5.92 Å². The molecule has 0 N–H and O–H groups in total. The fourth-order valence-corrected chi connectivity index (χ4v) is 2.41. The molecule has 0 aromatic carbocycles. The summed E-state index contributed by atoms with van der Waals surface area (Å²) in [6, 6.07) is 0. The minimum Gasteiger partial charge on any atom is -0.0911 e. The SMILES string of the molecule is CC=CC(C=CCCCCC)CCC(CC)CC. The predicted molar refractivity (Wildman–Crippen MR) is 84.9 cm³/mol. The van der Waals surface area contributed by atoms with E-state index in [4.69, 9.17) is 0 Å². The summed E-state index contributed by atoms with van der Waals surface area (Å²) >= 11 is 0. The molecule has 0 aromatic heterocycles. The van der Waals surface area contributed by atoms with Gasteiger partial charge in [-0.05, 0) is 44.4 Å². The Kier molecular flexibility index (Phi) is 12.6. The van der Waals surface area contributed by atoms with Gasteiger partial charge in [-0.2, -0.15) is 0 Å². The predicted octanol–water partition coefficient (Wildman–Crippen LogP) is 6.53. The standard InChI is InChI=1S/C18H34/c1-5-9-10-11-12-14-18(13-6-2)16-15-17(7-3)8-4/h6,12-14,17-18H,5,7-11,15-16H2,1-4H3. The second-order valence-corrected chi connectivity index (χ2v) is 5.37. The van der Waals surface area contributed by atoms with E-state index in [1.54, 1.807) is 0 Å². The summed E-state index contributed by atoms with van der Waals surface area (Å²) in [4.78, 5) is 0. The lowest BCUT2D eigenvalue weighted by molar-refractivity contribution is 0.425. The Balaban J connectivity index is 3.98. The molecule has 0 bridgehead atoms. The van der Waals surface area contributed by atoms with Crippen LogP contribution in [0.4, 0.5) is 0 Å². The number of hydrogen-bond acceptors (Lipinski definition) is 0. The molecule has 0 heterocycles. The van der Waals surface area contributed by atoms with Crippen LogP contribution in [0.15, 0.2) is 24.3 Å². The van der Waals surface area contributed by atoms with Gasteiger partial charge < -0.3 is 0 Å². The van der Waals surface area contributed by atoms with Crippen molar-refractivity contribution in [2.45, 2.75) is 79.1 Å². The lowest BCUT2D eigenvalue weighted by atomic mass is 9.91. The van der Waals surface area contributed by atoms with E-state index in [0.717, 1.165) is 5.92 Å². The van der Waals surface area contributed by atoms with E-state index >= 15 is 0 Å². The molecule has 0 rings (SSSR count). The Hall–Kier alpha value is -0.520. The first-order valence-electron chi connectivity index (χ1n) is 8.07. The van der Waals surface area contributed by atoms with Gasteiger partial charge in [-0.3, -0.25) is 0 Å². The van der Waals surface area contributed by atoms with E-state index in [1.165, 1.54) is 51.4 Å². The van der Waals surface area contributed by atoms with Gasteiger partial charge in [0.25, 0.3) is 0 Å². The molecule has 0 fully saturated rings. The van der Waals surface area contributed by atoms with Crippen molar-refractivity contribution in [3.63, 3.8) is 0 Å². The van der Waals surface area contributed by atoms with Crippen molar-refractivity contribution in [3.8, 4) is 0 Å². The van der Waals surface area contributed by atoms with Crippen molar-refractivity contribution >= 4 is 0 Å². The molecule has 0 saturated carbocycles. The molecule has 0 spiro atoms. The highest BCUT2D eigenvalue weighted by Crippen LogP contribution is 2.20. The van der Waals surface area contributed by atoms with Gasteiger partial charge in [-0.15, -0.1) is 0 Å². The lowest BCUT2D eigenvalue weighted by Gasteiger charge is -2.14. The summed E-state index contributed by atoms with van der Waals surface area (Å²) in [6.07, 6.45) is 20.0. The molecule has 0 radical (unpaired) electrons. The highest BCUT2D eigenvalue weighted by atomic mass is 14.1. The first kappa shape index (κ1) is 17.5. The molecule has 0 nitrogen and oxygen atoms in total. The van der Waals surface area contributed by atoms with Crippen LogP contribution >= 0.6 is 0 Å². The van der Waals surface area contributed by atoms with Crippen molar-refractivity contribution < 1.29 is 0 Å². The Morgan fingerprint density at radius 3 is 2.17 bits per heavy atom. The van der Waals surface area contributed by atoms with Gasteiger partial charge in [0.2, 0.25) is 0 Å². The number of rotatable bonds is 11. The third-order valence-electron chi connectivity index (χ3n) is 3.86. The molecule has 0 aliphatic rings. The highest BCUT2D eigenvalue weighted by molar-refractivity contribution is 4.99. The fourth-order valence-electron chi connectivity index (χ4n) is 2.41. The molecule has 0 aliphatic carbocycles. The average molecular weight is 250 g/mol. The Morgan fingerprint density at radius 1 is 0.889 bits per heavy atom. The quantitative estimate of drug-likeness (QED) is 0.289. The van der Waals surface area contributed by atoms with E-state index in [2.05, 4.69) is 52.0 Å². The molecular weight excluding hydrogens is 216 g/mol. The lowest BCUT2D eigenvalue weighted by Crippen LogP contribution is -2.01. The van der Waals surface area contributed by atoms with Crippen molar-refractivity contribution in [1.82, 2.24) is 0 Å². The van der Waals surface area contributed by atoms with Crippen LogP contribution in [0.1, 0.15) is 79.1 Å². The van der Waals surface area contributed by atoms with Crippen LogP contribution in [0, 0.1) is 11.8 Å². The summed E-state index contributed by atoms with van der Waals surface area (Å²) in [5, 5.41) is 0. The summed E-state index contributed by atoms with van der Waals surface area (Å²) in [6.45, 7) is 9.04. The summed E-state index contributed by atoms with van der Waals surface area (Å²) < 4.78 is 0. The number of unbranched alkanes of at least 4 members (excludes halogenated alkanes) is 3. The molecular formula is C18H34. The topological polar surface area (TPSA) is 0 Å². The van der Waals surface area contributed by atoms with Crippen molar-refractivity contribution in [3.05, 3.63) is 24.3 Å². The van der Waals surface area contributed by atoms with Crippen LogP contribution in [-0.4, -0.2) is 0 Å². The largest absolute Gasteiger partial charge is 0.0911 e. The van der Waals surface area contributed by atoms with Gasteiger partial charge >= 0.3 is 0 Å². The minimum atomic E-state index is 0.664. The molecule has 18 heavy (non-hydrogen) atoms. The van der Waals surface area contributed by atoms with Crippen molar-refractivity contribution in [2.75, 3.05) is 0 Å². The van der Waals surface area contributed by atoms with Crippen molar-refractivity contribution in [2.24, 2.45) is 11.8 Å². The highest BCUT2D eigenvalue weighted by Gasteiger charge is 2.06. The third kappa shape index (κ3) is 9.50. The maximum Gasteiger partial charge on any atom is -0.00535 e. The first-order chi connectivity index (χ1) is 8.78. The van der Waals surface area contributed by atoms with Gasteiger partial charge in [0.05, 0.1) is 0 Å². The second kappa shape index (κ2) is 12.9. The summed E-state index contributed by atoms with van der Waals surface area (Å²) in [7, 11) is 0. The van der Waals surface area contributed by atoms with Gasteiger partial charge in [-0.1, -0.05) is 70.8 Å². The fraction of sp³-hybridized carbons (Fsp3) is 0.778. The molecule has 0 saturated heterocycles. The third-order valence-corrected chi connectivity index (χ3v) is 3.86. The molecule has 0 aliphatic heterocycles. The molecule has 0 heteroatoms. The molecule has 0 amide bonds. The summed E-state index contributed by atoms with van der Waals surface area (Å²) in [5.41, 5.74) is 0. The number of allylic oxidation sites excluding steroid dienone is 4. The van der Waals surface area contributed by atoms with E-state index in [1.807, 2.05) is 0 Å². The van der Waals surface area contributed by atoms with Crippen LogP contribution in [0.2, 0.25) is 0 Å². The van der Waals surface area contributed by atoms with Gasteiger partial charge in [-0.25, -0.2) is 0 Å². The first-order valence-corrected chi connectivity index (χ1v) is 8.07. The minimum absolute atomic E-state index is 0.664. The Labute approximate surface area is 116 Å². The molecule has 1 unspecified atom stereocenters. The average Bonchev–Trinajstić information content (AvgIpc) is 2.39. The zero-order valence-corrected chi connectivity index (χ0v) is 13.1. The number of hydrogen-bond donors (Lipinski definition) is 0. The monoisotopic (exact) mass is 250 g/mol. The Bertz CT molecular complexity index is 208. The zero-order valence-electron chi connectivity index (χ0n) is 13.1. The maximum atomic E-state index is 2.43. The molecule has 1 atom stereocenters. The van der Waals surface area contributed by atoms with Gasteiger partial charge in [0.15, 0.2) is 0 Å². The van der Waals surface area contributed by atoms with Crippen molar-refractivity contribution in [1.29, 1.82) is 0 Å². The maximum absolute atomic E-state index is 2.43. The van der Waals surface area contributed by atoms with Crippen LogP contribution in [0.25, 0.3) is 0 Å². The van der Waals surface area contributed by atoms with E-state index in [-0.39, 0.29) is 0 Å². The molecule has 106 valence electrons. The van der Waals surface area contributed by atoms with Gasteiger partial charge in [0.1, 0.15) is 0 Å². The van der Waals surface area contributed by atoms with E-state index in [9.17, 15) is 0 Å². The summed E-state index contributed by atoms with van der Waals surface area (Å²) in [5.74, 6) is 1.59.